The van der Waals surface area contributed by atoms with Crippen LogP contribution in [-0.4, -0.2) is 13.2 Å². The first-order chi connectivity index (χ1) is 10.9. The molecule has 2 aromatic carbocycles. The number of hydrogen-bond donors (Lipinski definition) is 0. The molecule has 0 amide bonds. The van der Waals surface area contributed by atoms with Gasteiger partial charge in [-0.15, -0.1) is 0 Å². The normalized spacial score (nSPS) is 16.1. The maximum Gasteiger partial charge on any atom is 0.124 e. The van der Waals surface area contributed by atoms with Gasteiger partial charge in [-0.05, 0) is 47.7 Å². The molecule has 5 nitrogen and oxygen atoms in total. The molecule has 1 heterocycles. The predicted molar refractivity (Wildman–Crippen MR) is 84.1 cm³/mol. The summed E-state index contributed by atoms with van der Waals surface area (Å²) in [5.41, 5.74) is 10.6. The molecular weight excluding hydrogens is 278 g/mol. The van der Waals surface area contributed by atoms with Gasteiger partial charge in [-0.2, -0.15) is 0 Å². The Morgan fingerprint density at radius 1 is 1.23 bits per heavy atom. The van der Waals surface area contributed by atoms with Gasteiger partial charge in [0.05, 0.1) is 13.2 Å². The highest BCUT2D eigenvalue weighted by Gasteiger charge is 2.21. The quantitative estimate of drug-likeness (QED) is 0.354. The Bertz CT molecular complexity index is 682. The average Bonchev–Trinajstić information content (AvgIpc) is 2.59. The summed E-state index contributed by atoms with van der Waals surface area (Å²) in [4.78, 5) is 2.70. The first-order valence-electron chi connectivity index (χ1n) is 7.35. The second-order valence-electron chi connectivity index (χ2n) is 5.13. The molecule has 0 saturated heterocycles. The van der Waals surface area contributed by atoms with Gasteiger partial charge in [-0.1, -0.05) is 35.4 Å². The molecule has 2 aromatic rings. The lowest BCUT2D eigenvalue weighted by molar-refractivity contribution is 0.176. The fourth-order valence-corrected chi connectivity index (χ4v) is 2.61. The van der Waals surface area contributed by atoms with Gasteiger partial charge in [0.25, 0.3) is 0 Å². The molecule has 22 heavy (non-hydrogen) atoms. The molecule has 0 fully saturated rings. The van der Waals surface area contributed by atoms with Gasteiger partial charge in [-0.25, -0.2) is 0 Å². The van der Waals surface area contributed by atoms with Crippen LogP contribution in [-0.2, 0) is 6.42 Å². The van der Waals surface area contributed by atoms with Gasteiger partial charge < -0.3 is 9.47 Å². The van der Waals surface area contributed by atoms with Crippen LogP contribution in [0.4, 0.5) is 0 Å². The third-order valence-corrected chi connectivity index (χ3v) is 3.67. The standard InChI is InChI=1S/C17H17N3O2/c18-20-19-10-11-21-15-7-9-17-14(12-15)6-8-16(22-17)13-4-2-1-3-5-13/h1-5,7,9,12,16H,6,8,10-11H2. The van der Waals surface area contributed by atoms with Gasteiger partial charge in [0, 0.05) is 4.91 Å². The van der Waals surface area contributed by atoms with Crippen LogP contribution in [0.15, 0.2) is 53.6 Å². The van der Waals surface area contributed by atoms with E-state index in [1.807, 2.05) is 36.4 Å². The Balaban J connectivity index is 1.67. The van der Waals surface area contributed by atoms with Crippen LogP contribution in [0.25, 0.3) is 10.4 Å². The maximum absolute atomic E-state index is 8.23. The van der Waals surface area contributed by atoms with E-state index < -0.39 is 0 Å². The van der Waals surface area contributed by atoms with Crippen molar-refractivity contribution in [3.05, 3.63) is 70.1 Å². The molecule has 1 atom stereocenters. The van der Waals surface area contributed by atoms with Crippen LogP contribution in [0, 0.1) is 0 Å². The number of rotatable bonds is 5. The minimum absolute atomic E-state index is 0.116. The third-order valence-electron chi connectivity index (χ3n) is 3.67. The predicted octanol–water partition coefficient (Wildman–Crippen LogP) is 4.44. The molecule has 3 rings (SSSR count). The summed E-state index contributed by atoms with van der Waals surface area (Å²) in [6, 6.07) is 16.1. The largest absolute Gasteiger partial charge is 0.493 e. The van der Waals surface area contributed by atoms with Crippen LogP contribution >= 0.6 is 0 Å². The second-order valence-corrected chi connectivity index (χ2v) is 5.13. The number of benzene rings is 2. The fraction of sp³-hybridized carbons (Fsp3) is 0.294. The van der Waals surface area contributed by atoms with Crippen LogP contribution in [0.2, 0.25) is 0 Å². The molecule has 0 aromatic heterocycles. The van der Waals surface area contributed by atoms with Crippen molar-refractivity contribution in [3.8, 4) is 11.5 Å². The second kappa shape index (κ2) is 6.87. The molecule has 0 bridgehead atoms. The molecule has 0 radical (unpaired) electrons. The number of fused-ring (bicyclic) bond motifs is 1. The Morgan fingerprint density at radius 2 is 2.09 bits per heavy atom. The molecule has 1 aliphatic heterocycles. The molecule has 0 spiro atoms. The summed E-state index contributed by atoms with van der Waals surface area (Å²) >= 11 is 0. The van der Waals surface area contributed by atoms with E-state index in [2.05, 4.69) is 22.2 Å². The van der Waals surface area contributed by atoms with Crippen LogP contribution in [0.3, 0.4) is 0 Å². The zero-order chi connectivity index (χ0) is 15.2. The summed E-state index contributed by atoms with van der Waals surface area (Å²) in [6.45, 7) is 0.719. The Labute approximate surface area is 129 Å². The molecule has 1 unspecified atom stereocenters. The van der Waals surface area contributed by atoms with Crippen molar-refractivity contribution in [2.75, 3.05) is 13.2 Å². The molecule has 5 heteroatoms. The Morgan fingerprint density at radius 3 is 2.91 bits per heavy atom. The van der Waals surface area contributed by atoms with E-state index in [-0.39, 0.29) is 6.10 Å². The van der Waals surface area contributed by atoms with E-state index in [0.29, 0.717) is 13.2 Å². The highest BCUT2D eigenvalue weighted by atomic mass is 16.5. The van der Waals surface area contributed by atoms with E-state index >= 15 is 0 Å². The van der Waals surface area contributed by atoms with Crippen molar-refractivity contribution in [1.82, 2.24) is 0 Å². The molecule has 0 N–H and O–H groups in total. The summed E-state index contributed by atoms with van der Waals surface area (Å²) in [5.74, 6) is 1.70. The zero-order valence-electron chi connectivity index (χ0n) is 12.2. The lowest BCUT2D eigenvalue weighted by atomic mass is 9.97. The number of hydrogen-bond acceptors (Lipinski definition) is 3. The third kappa shape index (κ3) is 3.32. The monoisotopic (exact) mass is 295 g/mol. The summed E-state index contributed by atoms with van der Waals surface area (Å²) in [6.07, 6.45) is 2.03. The van der Waals surface area contributed by atoms with Crippen LogP contribution in [0.1, 0.15) is 23.7 Å². The molecular formula is C17H17N3O2. The van der Waals surface area contributed by atoms with Crippen molar-refractivity contribution in [2.24, 2.45) is 5.11 Å². The Kier molecular flexibility index (Phi) is 4.47. The van der Waals surface area contributed by atoms with Gasteiger partial charge in [-0.3, -0.25) is 0 Å². The number of aryl methyl sites for hydroxylation is 1. The number of azide groups is 1. The van der Waals surface area contributed by atoms with Crippen molar-refractivity contribution in [1.29, 1.82) is 0 Å². The van der Waals surface area contributed by atoms with Crippen LogP contribution < -0.4 is 9.47 Å². The molecule has 1 aliphatic rings. The Hall–Kier alpha value is -2.65. The van der Waals surface area contributed by atoms with E-state index in [9.17, 15) is 0 Å². The van der Waals surface area contributed by atoms with Crippen molar-refractivity contribution in [2.45, 2.75) is 18.9 Å². The van der Waals surface area contributed by atoms with Gasteiger partial charge in [0.1, 0.15) is 17.6 Å². The van der Waals surface area contributed by atoms with E-state index in [1.165, 1.54) is 5.56 Å². The smallest absolute Gasteiger partial charge is 0.124 e. The summed E-state index contributed by atoms with van der Waals surface area (Å²) in [7, 11) is 0. The number of ether oxygens (including phenoxy) is 2. The molecule has 112 valence electrons. The summed E-state index contributed by atoms with van der Waals surface area (Å²) < 4.78 is 11.7. The molecule has 0 saturated carbocycles. The van der Waals surface area contributed by atoms with Gasteiger partial charge in [0.15, 0.2) is 0 Å². The maximum atomic E-state index is 8.23. The van der Waals surface area contributed by atoms with E-state index in [0.717, 1.165) is 29.9 Å². The highest BCUT2D eigenvalue weighted by Crippen LogP contribution is 2.36. The topological polar surface area (TPSA) is 67.2 Å². The van der Waals surface area contributed by atoms with E-state index in [4.69, 9.17) is 15.0 Å². The van der Waals surface area contributed by atoms with Crippen molar-refractivity contribution >= 4 is 0 Å². The fourth-order valence-electron chi connectivity index (χ4n) is 2.61. The van der Waals surface area contributed by atoms with Crippen LogP contribution in [0.5, 0.6) is 11.5 Å². The van der Waals surface area contributed by atoms with Crippen molar-refractivity contribution < 1.29 is 9.47 Å². The minimum atomic E-state index is 0.116. The SMILES string of the molecule is [N-]=[N+]=NCCOc1ccc2c(c1)CCC(c1ccccc1)O2. The van der Waals surface area contributed by atoms with E-state index in [1.54, 1.807) is 0 Å². The lowest BCUT2D eigenvalue weighted by Crippen LogP contribution is -2.15. The highest BCUT2D eigenvalue weighted by molar-refractivity contribution is 5.42. The van der Waals surface area contributed by atoms with Gasteiger partial charge in [0.2, 0.25) is 0 Å². The zero-order valence-corrected chi connectivity index (χ0v) is 12.2. The van der Waals surface area contributed by atoms with Gasteiger partial charge >= 0.3 is 0 Å². The average molecular weight is 295 g/mol. The number of nitrogens with zero attached hydrogens (tertiary/aromatic N) is 3. The lowest BCUT2D eigenvalue weighted by Gasteiger charge is -2.26. The first-order valence-corrected chi connectivity index (χ1v) is 7.35. The minimum Gasteiger partial charge on any atom is -0.493 e. The first kappa shape index (κ1) is 14.3. The molecule has 0 aliphatic carbocycles. The van der Waals surface area contributed by atoms with Crippen molar-refractivity contribution in [3.63, 3.8) is 0 Å². The summed E-state index contributed by atoms with van der Waals surface area (Å²) in [5, 5.41) is 3.45.